The van der Waals surface area contributed by atoms with Gasteiger partial charge in [-0.3, -0.25) is 9.69 Å². The molecule has 2 aromatic rings. The fraction of sp³-hybridized carbons (Fsp3) is 0.609. The summed E-state index contributed by atoms with van der Waals surface area (Å²) in [5.41, 5.74) is 0.773. The van der Waals surface area contributed by atoms with Crippen molar-refractivity contribution in [3.8, 4) is 11.4 Å². The second-order valence-electron chi connectivity index (χ2n) is 8.59. The Morgan fingerprint density at radius 3 is 2.65 bits per heavy atom. The molecule has 0 bridgehead atoms. The second kappa shape index (κ2) is 11.1. The van der Waals surface area contributed by atoms with E-state index in [-0.39, 0.29) is 11.8 Å². The van der Waals surface area contributed by atoms with Crippen LogP contribution < -0.4 is 5.32 Å². The van der Waals surface area contributed by atoms with Gasteiger partial charge in [0.05, 0.1) is 11.6 Å². The Morgan fingerprint density at radius 1 is 1.10 bits per heavy atom. The van der Waals surface area contributed by atoms with Crippen molar-refractivity contribution in [2.75, 3.05) is 39.3 Å². The predicted octanol–water partition coefficient (Wildman–Crippen LogP) is 3.59. The lowest BCUT2D eigenvalue weighted by atomic mass is 9.96. The number of likely N-dealkylation sites (tertiary alicyclic amines) is 2. The monoisotopic (exact) mass is 445 g/mol. The molecule has 1 amide bonds. The van der Waals surface area contributed by atoms with Crippen molar-refractivity contribution >= 4 is 17.5 Å². The van der Waals surface area contributed by atoms with Crippen molar-refractivity contribution in [1.82, 2.24) is 25.3 Å². The quantitative estimate of drug-likeness (QED) is 0.626. The molecule has 31 heavy (non-hydrogen) atoms. The summed E-state index contributed by atoms with van der Waals surface area (Å²) < 4.78 is 5.42. The summed E-state index contributed by atoms with van der Waals surface area (Å²) >= 11 is 6.22. The van der Waals surface area contributed by atoms with Gasteiger partial charge in [-0.1, -0.05) is 35.3 Å². The number of carbonyl (C=O) groups excluding carboxylic acids is 1. The fourth-order valence-electron chi connectivity index (χ4n) is 4.46. The molecule has 0 radical (unpaired) electrons. The molecule has 2 saturated heterocycles. The van der Waals surface area contributed by atoms with Gasteiger partial charge in [0.15, 0.2) is 0 Å². The van der Waals surface area contributed by atoms with Crippen LogP contribution in [0.15, 0.2) is 28.8 Å². The lowest BCUT2D eigenvalue weighted by molar-refractivity contribution is -0.126. The van der Waals surface area contributed by atoms with Crippen molar-refractivity contribution in [3.05, 3.63) is 35.2 Å². The van der Waals surface area contributed by atoms with Gasteiger partial charge in [0.2, 0.25) is 17.6 Å². The first kappa shape index (κ1) is 22.2. The zero-order chi connectivity index (χ0) is 21.5. The highest BCUT2D eigenvalue weighted by molar-refractivity contribution is 6.33. The molecule has 8 heteroatoms. The number of carbonyl (C=O) groups is 1. The van der Waals surface area contributed by atoms with Crippen LogP contribution in [0.3, 0.4) is 0 Å². The van der Waals surface area contributed by atoms with Gasteiger partial charge in [0, 0.05) is 18.0 Å². The van der Waals surface area contributed by atoms with Crippen LogP contribution in [0.5, 0.6) is 0 Å². The topological polar surface area (TPSA) is 74.5 Å². The summed E-state index contributed by atoms with van der Waals surface area (Å²) in [6, 6.07) is 7.48. The minimum absolute atomic E-state index is 0.104. The highest BCUT2D eigenvalue weighted by Gasteiger charge is 2.26. The van der Waals surface area contributed by atoms with E-state index in [9.17, 15) is 4.79 Å². The van der Waals surface area contributed by atoms with E-state index in [1.165, 1.54) is 32.4 Å². The number of benzene rings is 1. The lowest BCUT2D eigenvalue weighted by Crippen LogP contribution is -2.41. The molecule has 0 saturated carbocycles. The standard InChI is InChI=1S/C23H32ClN5O2/c24-20-8-3-2-7-19(20)22-26-21(31-27-22)17-29-15-9-18(10-16-29)23(30)25-11-6-14-28-12-4-1-5-13-28/h2-3,7-8,18H,1,4-6,9-17H2,(H,25,30). The summed E-state index contributed by atoms with van der Waals surface area (Å²) in [7, 11) is 0. The summed E-state index contributed by atoms with van der Waals surface area (Å²) in [5, 5.41) is 7.82. The molecule has 0 atom stereocenters. The van der Waals surface area contributed by atoms with Gasteiger partial charge in [-0.25, -0.2) is 0 Å². The Balaban J connectivity index is 1.16. The summed E-state index contributed by atoms with van der Waals surface area (Å²) in [6.45, 7) is 6.62. The number of halogens is 1. The smallest absolute Gasteiger partial charge is 0.241 e. The highest BCUT2D eigenvalue weighted by atomic mass is 35.5. The molecule has 1 aromatic carbocycles. The van der Waals surface area contributed by atoms with Crippen molar-refractivity contribution < 1.29 is 9.32 Å². The van der Waals surface area contributed by atoms with Crippen LogP contribution in [0.25, 0.3) is 11.4 Å². The Kier molecular flexibility index (Phi) is 7.94. The number of hydrogen-bond acceptors (Lipinski definition) is 6. The van der Waals surface area contributed by atoms with Gasteiger partial charge in [0.25, 0.3) is 0 Å². The molecule has 2 fully saturated rings. The molecule has 0 spiro atoms. The number of rotatable bonds is 8. The maximum Gasteiger partial charge on any atom is 0.241 e. The normalized spacial score (nSPS) is 18.9. The van der Waals surface area contributed by atoms with Crippen LogP contribution in [0.1, 0.15) is 44.4 Å². The first-order valence-electron chi connectivity index (χ1n) is 11.5. The molecule has 4 rings (SSSR count). The van der Waals surface area contributed by atoms with Crippen molar-refractivity contribution in [2.24, 2.45) is 5.92 Å². The molecule has 0 aliphatic carbocycles. The van der Waals surface area contributed by atoms with Crippen molar-refractivity contribution in [3.63, 3.8) is 0 Å². The first-order chi connectivity index (χ1) is 15.2. The second-order valence-corrected chi connectivity index (χ2v) is 9.00. The van der Waals surface area contributed by atoms with E-state index < -0.39 is 0 Å². The number of nitrogens with one attached hydrogen (secondary N) is 1. The van der Waals surface area contributed by atoms with E-state index in [0.29, 0.717) is 23.3 Å². The highest BCUT2D eigenvalue weighted by Crippen LogP contribution is 2.25. The van der Waals surface area contributed by atoms with E-state index in [1.807, 2.05) is 24.3 Å². The Bertz CT molecular complexity index is 844. The van der Waals surface area contributed by atoms with Gasteiger partial charge in [-0.15, -0.1) is 0 Å². The van der Waals surface area contributed by atoms with Crippen molar-refractivity contribution in [2.45, 2.75) is 45.1 Å². The molecule has 2 aliphatic heterocycles. The number of aromatic nitrogens is 2. The van der Waals surface area contributed by atoms with Gasteiger partial charge < -0.3 is 14.7 Å². The molecule has 168 valence electrons. The van der Waals surface area contributed by atoms with Crippen LogP contribution in [-0.4, -0.2) is 65.1 Å². The maximum absolute atomic E-state index is 12.5. The van der Waals surface area contributed by atoms with Gasteiger partial charge >= 0.3 is 0 Å². The summed E-state index contributed by atoms with van der Waals surface area (Å²) in [5.74, 6) is 1.40. The third-order valence-corrected chi connectivity index (χ3v) is 6.63. The molecule has 3 heterocycles. The minimum Gasteiger partial charge on any atom is -0.356 e. The van der Waals surface area contributed by atoms with Crippen molar-refractivity contribution in [1.29, 1.82) is 0 Å². The zero-order valence-electron chi connectivity index (χ0n) is 18.1. The van der Waals surface area contributed by atoms with E-state index in [0.717, 1.165) is 51.0 Å². The van der Waals surface area contributed by atoms with Crippen LogP contribution in [-0.2, 0) is 11.3 Å². The summed E-state index contributed by atoms with van der Waals surface area (Å²) in [4.78, 5) is 21.8. The fourth-order valence-corrected chi connectivity index (χ4v) is 4.68. The minimum atomic E-state index is 0.104. The first-order valence-corrected chi connectivity index (χ1v) is 11.9. The lowest BCUT2D eigenvalue weighted by Gasteiger charge is -2.30. The average Bonchev–Trinajstić information content (AvgIpc) is 3.26. The number of amides is 1. The van der Waals surface area contributed by atoms with Gasteiger partial charge in [0.1, 0.15) is 0 Å². The number of nitrogens with zero attached hydrogens (tertiary/aromatic N) is 4. The average molecular weight is 446 g/mol. The number of hydrogen-bond donors (Lipinski definition) is 1. The largest absolute Gasteiger partial charge is 0.356 e. The third-order valence-electron chi connectivity index (χ3n) is 6.30. The number of piperidine rings is 2. The van der Waals surface area contributed by atoms with E-state index in [2.05, 4.69) is 25.3 Å². The van der Waals surface area contributed by atoms with Crippen LogP contribution in [0.4, 0.5) is 0 Å². The molecule has 1 aromatic heterocycles. The zero-order valence-corrected chi connectivity index (χ0v) is 18.8. The van der Waals surface area contributed by atoms with Crippen LogP contribution >= 0.6 is 11.6 Å². The molecule has 0 unspecified atom stereocenters. The van der Waals surface area contributed by atoms with E-state index in [1.54, 1.807) is 0 Å². The van der Waals surface area contributed by atoms with E-state index >= 15 is 0 Å². The van der Waals surface area contributed by atoms with Gasteiger partial charge in [-0.05, 0) is 77.0 Å². The molecule has 7 nitrogen and oxygen atoms in total. The summed E-state index contributed by atoms with van der Waals surface area (Å²) in [6.07, 6.45) is 6.76. The van der Waals surface area contributed by atoms with Crippen LogP contribution in [0.2, 0.25) is 5.02 Å². The Labute approximate surface area is 189 Å². The third kappa shape index (κ3) is 6.28. The van der Waals surface area contributed by atoms with Crippen LogP contribution in [0, 0.1) is 5.92 Å². The molecule has 2 aliphatic rings. The van der Waals surface area contributed by atoms with Gasteiger partial charge in [-0.2, -0.15) is 4.98 Å². The molecular weight excluding hydrogens is 414 g/mol. The predicted molar refractivity (Wildman–Crippen MR) is 121 cm³/mol. The SMILES string of the molecule is O=C(NCCCN1CCCCC1)C1CCN(Cc2nc(-c3ccccc3Cl)no2)CC1. The Hall–Kier alpha value is -1.96. The molecular formula is C23H32ClN5O2. The van der Waals surface area contributed by atoms with E-state index in [4.69, 9.17) is 16.1 Å². The maximum atomic E-state index is 12.5. The Morgan fingerprint density at radius 2 is 1.87 bits per heavy atom. The molecule has 1 N–H and O–H groups in total.